The molecule has 0 amide bonds. The van der Waals surface area contributed by atoms with Crippen molar-refractivity contribution in [1.29, 1.82) is 0 Å². The van der Waals surface area contributed by atoms with E-state index in [1.807, 2.05) is 0 Å². The largest absolute Gasteiger partial charge is 0.462 e. The van der Waals surface area contributed by atoms with Crippen molar-refractivity contribution in [3.05, 3.63) is 122 Å². The number of unbranched alkanes of at least 4 members (excludes halogenated alkanes) is 13. The number of allylic oxidation sites excluding steroid dienone is 20. The van der Waals surface area contributed by atoms with Crippen LogP contribution in [-0.4, -0.2) is 37.9 Å². The second-order valence-corrected chi connectivity index (χ2v) is 15.9. The van der Waals surface area contributed by atoms with Crippen molar-refractivity contribution >= 4 is 11.9 Å². The summed E-state index contributed by atoms with van der Waals surface area (Å²) in [6.07, 6.45) is 72.1. The Kier molecular flexibility index (Phi) is 48.6. The normalized spacial score (nSPS) is 13.3. The van der Waals surface area contributed by atoms with E-state index in [2.05, 4.69) is 142 Å². The molecule has 0 aromatic heterocycles. The summed E-state index contributed by atoms with van der Waals surface area (Å²) in [5.41, 5.74) is 0. The maximum atomic E-state index is 12.8. The van der Waals surface area contributed by atoms with E-state index in [9.17, 15) is 9.59 Å². The van der Waals surface area contributed by atoms with E-state index >= 15 is 0 Å². The summed E-state index contributed by atoms with van der Waals surface area (Å²) in [4.78, 5) is 25.4. The summed E-state index contributed by atoms with van der Waals surface area (Å²) < 4.78 is 17.3. The van der Waals surface area contributed by atoms with Gasteiger partial charge in [0.2, 0.25) is 0 Å². The van der Waals surface area contributed by atoms with E-state index < -0.39 is 6.10 Å². The number of carbonyl (C=O) groups excluding carboxylic acids is 2. The van der Waals surface area contributed by atoms with Crippen LogP contribution in [0.3, 0.4) is 0 Å². The minimum absolute atomic E-state index is 0.0353. The van der Waals surface area contributed by atoms with Gasteiger partial charge in [0.25, 0.3) is 0 Å². The number of ether oxygens (including phenoxy) is 3. The number of esters is 2. The van der Waals surface area contributed by atoms with Gasteiger partial charge in [-0.05, 0) is 122 Å². The van der Waals surface area contributed by atoms with Crippen LogP contribution in [0.1, 0.15) is 201 Å². The Morgan fingerprint density at radius 1 is 0.371 bits per heavy atom. The zero-order valence-corrected chi connectivity index (χ0v) is 40.1. The molecular weight excluding hydrogens is 765 g/mol. The van der Waals surface area contributed by atoms with Crippen molar-refractivity contribution in [2.24, 2.45) is 0 Å². The van der Waals surface area contributed by atoms with Crippen LogP contribution in [0.2, 0.25) is 0 Å². The molecule has 0 heterocycles. The van der Waals surface area contributed by atoms with E-state index in [-0.39, 0.29) is 25.2 Å². The van der Waals surface area contributed by atoms with Gasteiger partial charge in [-0.15, -0.1) is 0 Å². The molecule has 0 fully saturated rings. The first kappa shape index (κ1) is 58.3. The predicted molar refractivity (Wildman–Crippen MR) is 269 cm³/mol. The molecule has 0 aromatic carbocycles. The molecule has 0 aromatic rings. The quantitative estimate of drug-likeness (QED) is 0.0347. The standard InChI is InChI=1S/C57H92O5/c1-4-7-10-13-16-19-22-25-27-28-29-30-31-33-35-38-41-44-47-50-56(58)61-54-55(53-60-52-49-46-43-40-37-34-26-23-20-17-14-11-8-5-2)62-57(59)51-48-45-42-39-36-32-24-21-18-15-12-9-6-3/h7-8,10-11,16-17,19-21,24-27,29-30,33-35,40,43,55H,4-6,9,12-15,18,22-23,28,31-32,36-39,41-42,44-54H2,1-3H3/b10-7-,11-8-,19-16-,20-17-,24-21-,27-25-,30-29-,34-26-,35-33-,43-40-. The van der Waals surface area contributed by atoms with Gasteiger partial charge in [-0.1, -0.05) is 187 Å². The van der Waals surface area contributed by atoms with Gasteiger partial charge >= 0.3 is 11.9 Å². The number of rotatable bonds is 44. The van der Waals surface area contributed by atoms with E-state index in [0.717, 1.165) is 122 Å². The SMILES string of the molecule is CC/C=C\C/C=C\C/C=C\C/C=C\C/C=C\CCCCCC(=O)OCC(COCCC/C=C\C/C=C\C/C=C\C/C=C\CC)OC(=O)CCCCCCC/C=C\CCCCCC. The van der Waals surface area contributed by atoms with Gasteiger partial charge in [0.05, 0.1) is 6.61 Å². The average Bonchev–Trinajstić information content (AvgIpc) is 3.27. The maximum Gasteiger partial charge on any atom is 0.306 e. The second kappa shape index (κ2) is 51.6. The fourth-order valence-corrected chi connectivity index (χ4v) is 6.30. The average molecular weight is 857 g/mol. The van der Waals surface area contributed by atoms with E-state index in [1.54, 1.807) is 0 Å². The molecule has 1 unspecified atom stereocenters. The summed E-state index contributed by atoms with van der Waals surface area (Å²) in [6.45, 7) is 7.38. The zero-order chi connectivity index (χ0) is 44.9. The van der Waals surface area contributed by atoms with Crippen LogP contribution in [0.25, 0.3) is 0 Å². The van der Waals surface area contributed by atoms with E-state index in [1.165, 1.54) is 44.9 Å². The Bertz CT molecular complexity index is 1290. The van der Waals surface area contributed by atoms with Gasteiger partial charge in [-0.3, -0.25) is 9.59 Å². The maximum absolute atomic E-state index is 12.8. The van der Waals surface area contributed by atoms with Crippen molar-refractivity contribution in [2.45, 2.75) is 207 Å². The van der Waals surface area contributed by atoms with Gasteiger partial charge in [-0.25, -0.2) is 0 Å². The van der Waals surface area contributed by atoms with Crippen molar-refractivity contribution < 1.29 is 23.8 Å². The molecule has 0 aliphatic rings. The smallest absolute Gasteiger partial charge is 0.306 e. The van der Waals surface area contributed by atoms with Gasteiger partial charge in [0.15, 0.2) is 6.10 Å². The highest BCUT2D eigenvalue weighted by Gasteiger charge is 2.17. The number of carbonyl (C=O) groups is 2. The summed E-state index contributed by atoms with van der Waals surface area (Å²) >= 11 is 0. The topological polar surface area (TPSA) is 61.8 Å². The Morgan fingerprint density at radius 2 is 0.726 bits per heavy atom. The zero-order valence-electron chi connectivity index (χ0n) is 40.1. The Balaban J connectivity index is 4.43. The molecule has 0 aliphatic carbocycles. The highest BCUT2D eigenvalue weighted by atomic mass is 16.6. The Hall–Kier alpha value is -3.70. The highest BCUT2D eigenvalue weighted by molar-refractivity contribution is 5.70. The molecule has 1 atom stereocenters. The summed E-state index contributed by atoms with van der Waals surface area (Å²) in [5.74, 6) is -0.484. The molecule has 5 heteroatoms. The molecule has 5 nitrogen and oxygen atoms in total. The molecule has 0 spiro atoms. The Labute approximate surface area is 382 Å². The highest BCUT2D eigenvalue weighted by Crippen LogP contribution is 2.12. The molecule has 350 valence electrons. The first-order valence-corrected chi connectivity index (χ1v) is 25.1. The van der Waals surface area contributed by atoms with Gasteiger partial charge in [0, 0.05) is 19.4 Å². The summed E-state index contributed by atoms with van der Waals surface area (Å²) in [5, 5.41) is 0. The monoisotopic (exact) mass is 857 g/mol. The minimum Gasteiger partial charge on any atom is -0.462 e. The fourth-order valence-electron chi connectivity index (χ4n) is 6.30. The Morgan fingerprint density at radius 3 is 1.19 bits per heavy atom. The van der Waals surface area contributed by atoms with Gasteiger partial charge in [-0.2, -0.15) is 0 Å². The van der Waals surface area contributed by atoms with Gasteiger partial charge in [0.1, 0.15) is 6.61 Å². The fraction of sp³-hybridized carbons (Fsp3) is 0.614. The second-order valence-electron chi connectivity index (χ2n) is 15.9. The van der Waals surface area contributed by atoms with Crippen LogP contribution in [0.4, 0.5) is 0 Å². The molecule has 0 aliphatic heterocycles. The molecule has 0 rings (SSSR count). The van der Waals surface area contributed by atoms with Crippen LogP contribution in [-0.2, 0) is 23.8 Å². The van der Waals surface area contributed by atoms with Crippen molar-refractivity contribution in [3.63, 3.8) is 0 Å². The van der Waals surface area contributed by atoms with Crippen molar-refractivity contribution in [3.8, 4) is 0 Å². The molecule has 0 saturated heterocycles. The van der Waals surface area contributed by atoms with Crippen LogP contribution < -0.4 is 0 Å². The third kappa shape index (κ3) is 49.0. The number of hydrogen-bond donors (Lipinski definition) is 0. The third-order valence-electron chi connectivity index (χ3n) is 9.96. The van der Waals surface area contributed by atoms with Crippen LogP contribution >= 0.6 is 0 Å². The van der Waals surface area contributed by atoms with Crippen LogP contribution in [0.5, 0.6) is 0 Å². The van der Waals surface area contributed by atoms with Crippen LogP contribution in [0.15, 0.2) is 122 Å². The van der Waals surface area contributed by atoms with Crippen LogP contribution in [0, 0.1) is 0 Å². The summed E-state index contributed by atoms with van der Waals surface area (Å²) in [6, 6.07) is 0. The minimum atomic E-state index is -0.590. The lowest BCUT2D eigenvalue weighted by molar-refractivity contribution is -0.163. The van der Waals surface area contributed by atoms with E-state index in [0.29, 0.717) is 19.4 Å². The lowest BCUT2D eigenvalue weighted by atomic mass is 10.1. The molecule has 0 saturated carbocycles. The molecular formula is C57H92O5. The first-order chi connectivity index (χ1) is 30.6. The number of hydrogen-bond acceptors (Lipinski definition) is 5. The molecule has 0 radical (unpaired) electrons. The van der Waals surface area contributed by atoms with Crippen molar-refractivity contribution in [1.82, 2.24) is 0 Å². The lowest BCUT2D eigenvalue weighted by Gasteiger charge is -2.18. The predicted octanol–water partition coefficient (Wildman–Crippen LogP) is 17.0. The lowest BCUT2D eigenvalue weighted by Crippen LogP contribution is -2.30. The summed E-state index contributed by atoms with van der Waals surface area (Å²) in [7, 11) is 0. The molecule has 62 heavy (non-hydrogen) atoms. The molecule has 0 bridgehead atoms. The van der Waals surface area contributed by atoms with Crippen molar-refractivity contribution in [2.75, 3.05) is 19.8 Å². The molecule has 0 N–H and O–H groups in total. The van der Waals surface area contributed by atoms with Gasteiger partial charge < -0.3 is 14.2 Å². The van der Waals surface area contributed by atoms with E-state index in [4.69, 9.17) is 14.2 Å². The first-order valence-electron chi connectivity index (χ1n) is 25.1. The third-order valence-corrected chi connectivity index (χ3v) is 9.96.